The van der Waals surface area contributed by atoms with E-state index in [1.807, 2.05) is 0 Å². The molecular formula is C27H26Cl2N8O4. The number of carbonyl (C=O) groups excluding carboxylic acids is 2. The van der Waals surface area contributed by atoms with Crippen molar-refractivity contribution >= 4 is 57.6 Å². The molecule has 3 aromatic heterocycles. The Labute approximate surface area is 243 Å². The van der Waals surface area contributed by atoms with E-state index in [0.717, 1.165) is 25.3 Å². The monoisotopic (exact) mass is 596 g/mol. The number of nitrogens with two attached hydrogens (primary N) is 1. The number of likely N-dealkylation sites (N-methyl/N-ethyl adjacent to an activating group) is 1. The molecule has 2 atom stereocenters. The number of anilines is 2. The number of amides is 2. The summed E-state index contributed by atoms with van der Waals surface area (Å²) < 4.78 is 2.83. The molecule has 2 aliphatic rings. The van der Waals surface area contributed by atoms with Gasteiger partial charge in [0.05, 0.1) is 39.2 Å². The molecule has 2 amide bonds. The molecule has 41 heavy (non-hydrogen) atoms. The first-order valence-corrected chi connectivity index (χ1v) is 13.6. The highest BCUT2D eigenvalue weighted by Gasteiger charge is 2.42. The van der Waals surface area contributed by atoms with Gasteiger partial charge in [0.15, 0.2) is 0 Å². The van der Waals surface area contributed by atoms with Crippen LogP contribution in [-0.4, -0.2) is 73.1 Å². The topological polar surface area (TPSA) is 152 Å². The van der Waals surface area contributed by atoms with Gasteiger partial charge in [0, 0.05) is 50.0 Å². The average molecular weight is 597 g/mol. The second kappa shape index (κ2) is 10.1. The molecule has 2 aliphatic heterocycles. The highest BCUT2D eigenvalue weighted by atomic mass is 35.5. The maximum Gasteiger partial charge on any atom is 0.263 e. The fourth-order valence-electron chi connectivity index (χ4n) is 5.72. The van der Waals surface area contributed by atoms with Crippen LogP contribution in [0.2, 0.25) is 10.0 Å². The van der Waals surface area contributed by atoms with Crippen LogP contribution in [0, 0.1) is 0 Å². The zero-order chi connectivity index (χ0) is 29.2. The summed E-state index contributed by atoms with van der Waals surface area (Å²) in [4.78, 5) is 51.8. The minimum Gasteiger partial charge on any atom is -0.506 e. The molecule has 2 saturated heterocycles. The number of hydrogen-bond acceptors (Lipinski definition) is 8. The van der Waals surface area contributed by atoms with E-state index in [1.54, 1.807) is 19.3 Å². The van der Waals surface area contributed by atoms with Crippen LogP contribution in [0.3, 0.4) is 0 Å². The first-order chi connectivity index (χ1) is 19.5. The molecule has 0 aliphatic carbocycles. The smallest absolute Gasteiger partial charge is 0.263 e. The quantitative estimate of drug-likeness (QED) is 0.307. The van der Waals surface area contributed by atoms with Crippen LogP contribution in [-0.2, 0) is 18.4 Å². The Bertz CT molecular complexity index is 1800. The Morgan fingerprint density at radius 3 is 2.59 bits per heavy atom. The SMILES string of the molecule is CN1CC2CC1CN2c1cc(NC(=O)Cn2cc(-c3cc(Cl)c(O)c(C(N)=O)c3)c3c(=O)n(C)cnc32)c(Cl)cn1. The summed E-state index contributed by atoms with van der Waals surface area (Å²) in [6.45, 7) is 1.62. The number of aryl methyl sites for hydroxylation is 1. The number of likely N-dealkylation sites (tertiary alicyclic amines) is 1. The lowest BCUT2D eigenvalue weighted by Gasteiger charge is -2.33. The van der Waals surface area contributed by atoms with E-state index in [2.05, 4.69) is 32.1 Å². The van der Waals surface area contributed by atoms with Crippen molar-refractivity contribution in [3.05, 3.63) is 62.9 Å². The number of nitrogens with zero attached hydrogens (tertiary/aromatic N) is 6. The zero-order valence-electron chi connectivity index (χ0n) is 22.1. The Kier molecular flexibility index (Phi) is 6.63. The molecule has 1 aromatic carbocycles. The molecule has 6 rings (SSSR count). The predicted octanol–water partition coefficient (Wildman–Crippen LogP) is 2.44. The van der Waals surface area contributed by atoms with Crippen molar-refractivity contribution < 1.29 is 14.7 Å². The normalized spacial score (nSPS) is 18.4. The summed E-state index contributed by atoms with van der Waals surface area (Å²) in [6, 6.07) is 5.38. The van der Waals surface area contributed by atoms with Crippen molar-refractivity contribution in [2.75, 3.05) is 30.4 Å². The predicted molar refractivity (Wildman–Crippen MR) is 156 cm³/mol. The van der Waals surface area contributed by atoms with E-state index < -0.39 is 17.6 Å². The number of hydrogen-bond donors (Lipinski definition) is 3. The van der Waals surface area contributed by atoms with Gasteiger partial charge in [-0.05, 0) is 31.2 Å². The minimum atomic E-state index is -0.886. The molecule has 0 radical (unpaired) electrons. The van der Waals surface area contributed by atoms with Crippen LogP contribution in [0.25, 0.3) is 22.2 Å². The molecule has 212 valence electrons. The molecule has 14 heteroatoms. The van der Waals surface area contributed by atoms with E-state index in [-0.39, 0.29) is 33.7 Å². The Balaban J connectivity index is 1.33. The van der Waals surface area contributed by atoms with E-state index in [1.165, 1.54) is 33.8 Å². The van der Waals surface area contributed by atoms with E-state index in [0.29, 0.717) is 33.9 Å². The second-order valence-corrected chi connectivity index (χ2v) is 11.3. The standard InChI is InChI=1S/C27H26Cl2N8O4/c1-34-8-15-5-14(34)9-37(15)21-6-20(19(29)7-31-21)33-22(38)11-36-10-17(23-26(36)32-12-35(2)27(23)41)13-3-16(25(30)40)24(39)18(28)4-13/h3-4,6-7,10,12,14-15,39H,5,8-9,11H2,1-2H3,(H2,30,40)(H,31,33,38). The average Bonchev–Trinajstić information content (AvgIpc) is 3.61. The molecule has 12 nitrogen and oxygen atoms in total. The molecule has 0 saturated carbocycles. The highest BCUT2D eigenvalue weighted by molar-refractivity contribution is 6.34. The lowest BCUT2D eigenvalue weighted by molar-refractivity contribution is -0.116. The number of nitrogens with one attached hydrogen (secondary N) is 1. The number of carbonyl (C=O) groups is 2. The zero-order valence-corrected chi connectivity index (χ0v) is 23.6. The Morgan fingerprint density at radius 2 is 1.90 bits per heavy atom. The van der Waals surface area contributed by atoms with Gasteiger partial charge in [-0.1, -0.05) is 23.2 Å². The fourth-order valence-corrected chi connectivity index (χ4v) is 6.09. The first-order valence-electron chi connectivity index (χ1n) is 12.8. The number of pyridine rings is 1. The number of rotatable bonds is 6. The number of halogens is 2. The maximum atomic E-state index is 13.3. The largest absolute Gasteiger partial charge is 0.506 e. The number of primary amides is 1. The van der Waals surface area contributed by atoms with Gasteiger partial charge in [0.1, 0.15) is 23.8 Å². The molecule has 4 N–H and O–H groups in total. The van der Waals surface area contributed by atoms with Crippen LogP contribution in [0.1, 0.15) is 16.8 Å². The number of aromatic nitrogens is 4. The van der Waals surface area contributed by atoms with Gasteiger partial charge < -0.3 is 30.2 Å². The molecule has 5 heterocycles. The number of benzene rings is 1. The van der Waals surface area contributed by atoms with Crippen LogP contribution in [0.15, 0.2) is 41.7 Å². The van der Waals surface area contributed by atoms with Crippen LogP contribution in [0.4, 0.5) is 11.5 Å². The number of piperazine rings is 1. The van der Waals surface area contributed by atoms with Gasteiger partial charge in [0.25, 0.3) is 11.5 Å². The van der Waals surface area contributed by atoms with Crippen LogP contribution >= 0.6 is 23.2 Å². The summed E-state index contributed by atoms with van der Waals surface area (Å²) in [5.41, 5.74) is 6.23. The lowest BCUT2D eigenvalue weighted by Crippen LogP contribution is -2.44. The lowest BCUT2D eigenvalue weighted by atomic mass is 10.0. The second-order valence-electron chi connectivity index (χ2n) is 10.5. The van der Waals surface area contributed by atoms with Gasteiger partial charge in [0.2, 0.25) is 5.91 Å². The Hall–Kier alpha value is -4.13. The van der Waals surface area contributed by atoms with Crippen molar-refractivity contribution in [1.82, 2.24) is 24.0 Å². The first kappa shape index (κ1) is 27.1. The molecular weight excluding hydrogens is 571 g/mol. The van der Waals surface area contributed by atoms with Gasteiger partial charge >= 0.3 is 0 Å². The van der Waals surface area contributed by atoms with Gasteiger partial charge in [-0.3, -0.25) is 19.3 Å². The summed E-state index contributed by atoms with van der Waals surface area (Å²) >= 11 is 12.6. The molecule has 0 spiro atoms. The third-order valence-electron chi connectivity index (χ3n) is 7.81. The minimum absolute atomic E-state index is 0.114. The van der Waals surface area contributed by atoms with Crippen molar-refractivity contribution in [2.45, 2.75) is 25.0 Å². The van der Waals surface area contributed by atoms with Crippen molar-refractivity contribution in [1.29, 1.82) is 0 Å². The van der Waals surface area contributed by atoms with Gasteiger partial charge in [-0.15, -0.1) is 0 Å². The third-order valence-corrected chi connectivity index (χ3v) is 8.40. The molecule has 2 unspecified atom stereocenters. The van der Waals surface area contributed by atoms with Crippen molar-refractivity contribution in [2.24, 2.45) is 12.8 Å². The van der Waals surface area contributed by atoms with Crippen LogP contribution in [0.5, 0.6) is 5.75 Å². The summed E-state index contributed by atoms with van der Waals surface area (Å²) in [6.07, 6.45) is 5.53. The number of aromatic hydroxyl groups is 1. The van der Waals surface area contributed by atoms with Gasteiger partial charge in [-0.2, -0.15) is 0 Å². The van der Waals surface area contributed by atoms with Crippen molar-refractivity contribution in [3.63, 3.8) is 0 Å². The number of phenols is 1. The molecule has 4 aromatic rings. The summed E-state index contributed by atoms with van der Waals surface area (Å²) in [7, 11) is 3.67. The third kappa shape index (κ3) is 4.67. The number of fused-ring (bicyclic) bond motifs is 3. The summed E-state index contributed by atoms with van der Waals surface area (Å²) in [5.74, 6) is -1.000. The molecule has 2 fully saturated rings. The highest BCUT2D eigenvalue weighted by Crippen LogP contribution is 2.37. The van der Waals surface area contributed by atoms with E-state index >= 15 is 0 Å². The Morgan fingerprint density at radius 1 is 1.12 bits per heavy atom. The molecule has 2 bridgehead atoms. The van der Waals surface area contributed by atoms with Gasteiger partial charge in [-0.25, -0.2) is 9.97 Å². The van der Waals surface area contributed by atoms with E-state index in [9.17, 15) is 19.5 Å². The van der Waals surface area contributed by atoms with Crippen molar-refractivity contribution in [3.8, 4) is 16.9 Å². The maximum absolute atomic E-state index is 13.3. The summed E-state index contributed by atoms with van der Waals surface area (Å²) in [5, 5.41) is 13.4. The fraction of sp³-hybridized carbons (Fsp3) is 0.296. The van der Waals surface area contributed by atoms with E-state index in [4.69, 9.17) is 28.9 Å². The van der Waals surface area contributed by atoms with Crippen LogP contribution < -0.4 is 21.5 Å².